The van der Waals surface area contributed by atoms with Crippen molar-refractivity contribution >= 4 is 21.4 Å². The summed E-state index contributed by atoms with van der Waals surface area (Å²) in [4.78, 5) is 13.3. The molecule has 1 unspecified atom stereocenters. The Morgan fingerprint density at radius 1 is 1.30 bits per heavy atom. The van der Waals surface area contributed by atoms with Crippen LogP contribution < -0.4 is 10.2 Å². The van der Waals surface area contributed by atoms with Gasteiger partial charge in [0.05, 0.1) is 35.9 Å². The van der Waals surface area contributed by atoms with Crippen LogP contribution in [-0.4, -0.2) is 49.2 Å². The van der Waals surface area contributed by atoms with Crippen LogP contribution in [0.5, 0.6) is 0 Å². The molecule has 1 amide bonds. The van der Waals surface area contributed by atoms with E-state index in [1.807, 2.05) is 55.9 Å². The Kier molecular flexibility index (Phi) is 5.67. The lowest BCUT2D eigenvalue weighted by Gasteiger charge is -2.15. The summed E-state index contributed by atoms with van der Waals surface area (Å²) in [5.41, 5.74) is 3.78. The van der Waals surface area contributed by atoms with Crippen molar-refractivity contribution in [2.45, 2.75) is 32.9 Å². The summed E-state index contributed by atoms with van der Waals surface area (Å²) in [5, 5.41) is 7.50. The molecule has 1 aromatic carbocycles. The van der Waals surface area contributed by atoms with E-state index in [4.69, 9.17) is 0 Å². The first-order valence-electron chi connectivity index (χ1n) is 9.16. The minimum atomic E-state index is -2.95. The molecule has 2 aromatic rings. The molecule has 1 fully saturated rings. The average Bonchev–Trinajstić information content (AvgIpc) is 3.09. The number of aromatic nitrogens is 2. The first kappa shape index (κ1) is 19.6. The van der Waals surface area contributed by atoms with Crippen molar-refractivity contribution in [2.75, 3.05) is 30.4 Å². The molecule has 0 saturated carbocycles. The predicted octanol–water partition coefficient (Wildman–Crippen LogP) is 0.513. The van der Waals surface area contributed by atoms with Gasteiger partial charge in [-0.1, -0.05) is 18.2 Å². The highest BCUT2D eigenvalue weighted by Crippen LogP contribution is 2.26. The number of carbonyl (C=O) groups is 1. The minimum absolute atomic E-state index is 0.0386. The van der Waals surface area contributed by atoms with E-state index in [0.717, 1.165) is 27.5 Å². The van der Waals surface area contributed by atoms with E-state index < -0.39 is 9.84 Å². The molecular formula is C19H27N4O3S+. The van der Waals surface area contributed by atoms with Gasteiger partial charge in [-0.2, -0.15) is 5.10 Å². The van der Waals surface area contributed by atoms with Crippen LogP contribution in [0.15, 0.2) is 30.3 Å². The number of benzene rings is 1. The average molecular weight is 392 g/mol. The molecule has 1 aliphatic rings. The fourth-order valence-corrected chi connectivity index (χ4v) is 5.33. The predicted molar refractivity (Wildman–Crippen MR) is 105 cm³/mol. The van der Waals surface area contributed by atoms with Crippen LogP contribution in [0.25, 0.3) is 0 Å². The molecule has 2 N–H and O–H groups in total. The zero-order chi connectivity index (χ0) is 19.6. The third-order valence-corrected chi connectivity index (χ3v) is 6.78. The number of quaternary nitrogens is 1. The Balaban J connectivity index is 1.64. The maximum Gasteiger partial charge on any atom is 0.279 e. The Hall–Kier alpha value is -2.19. The van der Waals surface area contributed by atoms with E-state index in [0.29, 0.717) is 19.5 Å². The number of para-hydroxylation sites is 1. The van der Waals surface area contributed by atoms with Crippen LogP contribution >= 0.6 is 0 Å². The lowest BCUT2D eigenvalue weighted by atomic mass is 10.1. The van der Waals surface area contributed by atoms with Gasteiger partial charge in [0.15, 0.2) is 16.4 Å². The van der Waals surface area contributed by atoms with Gasteiger partial charge in [-0.05, 0) is 32.4 Å². The standard InChI is InChI=1S/C19H26N4O3S/c1-14-18(15(2)23(21-14)17-9-10-27(25,26)13-17)11-22(3)12-19(24)20-16-7-5-4-6-8-16/h4-8,17H,9-13H2,1-3H3,(H,20,24)/p+1/t17-/m0/s1. The Morgan fingerprint density at radius 2 is 2.00 bits per heavy atom. The molecule has 0 bridgehead atoms. The van der Waals surface area contributed by atoms with Gasteiger partial charge in [0.25, 0.3) is 5.91 Å². The molecule has 3 rings (SSSR count). The molecule has 0 radical (unpaired) electrons. The van der Waals surface area contributed by atoms with E-state index in [2.05, 4.69) is 10.4 Å². The van der Waals surface area contributed by atoms with Crippen molar-refractivity contribution in [3.63, 3.8) is 0 Å². The number of sulfone groups is 1. The molecule has 146 valence electrons. The quantitative estimate of drug-likeness (QED) is 0.752. The summed E-state index contributed by atoms with van der Waals surface area (Å²) < 4.78 is 25.4. The lowest BCUT2D eigenvalue weighted by Crippen LogP contribution is -3.08. The Morgan fingerprint density at radius 3 is 2.63 bits per heavy atom. The van der Waals surface area contributed by atoms with Gasteiger partial charge in [-0.3, -0.25) is 9.48 Å². The normalized spacial score (nSPS) is 19.7. The highest BCUT2D eigenvalue weighted by molar-refractivity contribution is 7.91. The number of amides is 1. The summed E-state index contributed by atoms with van der Waals surface area (Å²) in [7, 11) is -0.979. The fourth-order valence-electron chi connectivity index (χ4n) is 3.64. The second-order valence-corrected chi connectivity index (χ2v) is 9.60. The number of hydrogen-bond donors (Lipinski definition) is 2. The number of nitrogens with zero attached hydrogens (tertiary/aromatic N) is 2. The van der Waals surface area contributed by atoms with Crippen molar-refractivity contribution in [3.05, 3.63) is 47.3 Å². The van der Waals surface area contributed by atoms with E-state index in [1.165, 1.54) is 0 Å². The van der Waals surface area contributed by atoms with Gasteiger partial charge in [0.1, 0.15) is 6.54 Å². The van der Waals surface area contributed by atoms with Crippen molar-refractivity contribution in [3.8, 4) is 0 Å². The third kappa shape index (κ3) is 4.75. The maximum atomic E-state index is 12.2. The lowest BCUT2D eigenvalue weighted by molar-refractivity contribution is -0.885. The number of rotatable bonds is 6. The number of carbonyl (C=O) groups excluding carboxylic acids is 1. The molecule has 1 aromatic heterocycles. The second-order valence-electron chi connectivity index (χ2n) is 7.38. The molecule has 1 saturated heterocycles. The SMILES string of the molecule is Cc1nn([C@H]2CCS(=O)(=O)C2)c(C)c1C[NH+](C)CC(=O)Nc1ccccc1. The molecule has 2 atom stereocenters. The summed E-state index contributed by atoms with van der Waals surface area (Å²) in [5.74, 6) is 0.357. The van der Waals surface area contributed by atoms with Gasteiger partial charge >= 0.3 is 0 Å². The van der Waals surface area contributed by atoms with Gasteiger partial charge in [0, 0.05) is 11.4 Å². The summed E-state index contributed by atoms with van der Waals surface area (Å²) in [6, 6.07) is 9.32. The maximum absolute atomic E-state index is 12.2. The number of likely N-dealkylation sites (N-methyl/N-ethyl adjacent to an activating group) is 1. The Bertz CT molecular complexity index is 922. The first-order chi connectivity index (χ1) is 12.7. The van der Waals surface area contributed by atoms with Crippen LogP contribution in [0.4, 0.5) is 5.69 Å². The van der Waals surface area contributed by atoms with E-state index in [-0.39, 0.29) is 23.5 Å². The molecule has 2 heterocycles. The van der Waals surface area contributed by atoms with E-state index in [9.17, 15) is 13.2 Å². The van der Waals surface area contributed by atoms with Gasteiger partial charge in [-0.15, -0.1) is 0 Å². The smallest absolute Gasteiger partial charge is 0.279 e. The number of hydrogen-bond acceptors (Lipinski definition) is 4. The van der Waals surface area contributed by atoms with Gasteiger partial charge in [-0.25, -0.2) is 8.42 Å². The van der Waals surface area contributed by atoms with Gasteiger partial charge in [0.2, 0.25) is 0 Å². The fraction of sp³-hybridized carbons (Fsp3) is 0.474. The van der Waals surface area contributed by atoms with Crippen molar-refractivity contribution < 1.29 is 18.1 Å². The molecular weight excluding hydrogens is 364 g/mol. The van der Waals surface area contributed by atoms with Crippen molar-refractivity contribution in [1.29, 1.82) is 0 Å². The van der Waals surface area contributed by atoms with Crippen LogP contribution in [0.1, 0.15) is 29.4 Å². The molecule has 27 heavy (non-hydrogen) atoms. The van der Waals surface area contributed by atoms with Crippen LogP contribution in [0, 0.1) is 13.8 Å². The third-order valence-electron chi connectivity index (χ3n) is 5.03. The highest BCUT2D eigenvalue weighted by atomic mass is 32.2. The molecule has 1 aliphatic heterocycles. The molecule has 8 heteroatoms. The molecule has 0 aliphatic carbocycles. The number of anilines is 1. The topological polar surface area (TPSA) is 85.5 Å². The monoisotopic (exact) mass is 391 g/mol. The zero-order valence-corrected chi connectivity index (χ0v) is 16.8. The largest absolute Gasteiger partial charge is 0.326 e. The van der Waals surface area contributed by atoms with Crippen molar-refractivity contribution in [1.82, 2.24) is 9.78 Å². The van der Waals surface area contributed by atoms with Crippen LogP contribution in [0.3, 0.4) is 0 Å². The Labute approximate surface area is 160 Å². The van der Waals surface area contributed by atoms with Crippen LogP contribution in [0.2, 0.25) is 0 Å². The number of nitrogens with one attached hydrogen (secondary N) is 2. The first-order valence-corrected chi connectivity index (χ1v) is 11.0. The highest BCUT2D eigenvalue weighted by Gasteiger charge is 2.31. The van der Waals surface area contributed by atoms with Gasteiger partial charge < -0.3 is 10.2 Å². The summed E-state index contributed by atoms with van der Waals surface area (Å²) in [6.45, 7) is 4.94. The second kappa shape index (κ2) is 7.82. The number of aryl methyl sites for hydroxylation is 1. The zero-order valence-electron chi connectivity index (χ0n) is 16.0. The molecule has 0 spiro atoms. The molecule has 7 nitrogen and oxygen atoms in total. The minimum Gasteiger partial charge on any atom is -0.326 e. The van der Waals surface area contributed by atoms with E-state index >= 15 is 0 Å². The summed E-state index contributed by atoms with van der Waals surface area (Å²) in [6.07, 6.45) is 0.617. The van der Waals surface area contributed by atoms with Crippen molar-refractivity contribution in [2.24, 2.45) is 0 Å². The van der Waals surface area contributed by atoms with E-state index in [1.54, 1.807) is 0 Å². The van der Waals surface area contributed by atoms with Crippen LogP contribution in [-0.2, 0) is 21.2 Å². The summed E-state index contributed by atoms with van der Waals surface area (Å²) >= 11 is 0.